The van der Waals surface area contributed by atoms with Crippen LogP contribution in [0.1, 0.15) is 59.8 Å². The van der Waals surface area contributed by atoms with E-state index in [1.54, 1.807) is 0 Å². The molecule has 1 N–H and O–H groups in total. The predicted octanol–water partition coefficient (Wildman–Crippen LogP) is 3.64. The van der Waals surface area contributed by atoms with Gasteiger partial charge < -0.3 is 10.2 Å². The van der Waals surface area contributed by atoms with Gasteiger partial charge in [0.05, 0.1) is 0 Å². The Bertz CT molecular complexity index is 247. The zero-order valence-corrected chi connectivity index (χ0v) is 12.5. The van der Waals surface area contributed by atoms with Crippen molar-refractivity contribution in [1.29, 1.82) is 0 Å². The molecule has 18 heavy (non-hydrogen) atoms. The van der Waals surface area contributed by atoms with Gasteiger partial charge in [0.2, 0.25) is 0 Å². The zero-order valence-electron chi connectivity index (χ0n) is 12.5. The van der Waals surface area contributed by atoms with E-state index >= 15 is 0 Å². The molecule has 0 aromatic rings. The van der Waals surface area contributed by atoms with Crippen molar-refractivity contribution in [3.63, 3.8) is 0 Å². The predicted molar refractivity (Wildman–Crippen MR) is 76.7 cm³/mol. The second-order valence-electron chi connectivity index (χ2n) is 6.38. The van der Waals surface area contributed by atoms with Crippen molar-refractivity contribution in [3.8, 4) is 0 Å². The van der Waals surface area contributed by atoms with Crippen molar-refractivity contribution >= 4 is 6.03 Å². The Morgan fingerprint density at radius 3 is 2.28 bits per heavy atom. The Balaban J connectivity index is 2.22. The number of urea groups is 1. The summed E-state index contributed by atoms with van der Waals surface area (Å²) in [6, 6.07) is 0.677. The van der Waals surface area contributed by atoms with Crippen molar-refractivity contribution in [2.75, 3.05) is 13.1 Å². The Morgan fingerprint density at radius 1 is 1.17 bits per heavy atom. The summed E-state index contributed by atoms with van der Waals surface area (Å²) < 4.78 is 0. The van der Waals surface area contributed by atoms with E-state index < -0.39 is 0 Å². The van der Waals surface area contributed by atoms with Crippen LogP contribution in [0, 0.1) is 11.8 Å². The SMILES string of the molecule is CC(C)CCCNC(=O)N(CCC(C)C)C1CC1. The van der Waals surface area contributed by atoms with Gasteiger partial charge in [0.25, 0.3) is 0 Å². The van der Waals surface area contributed by atoms with Gasteiger partial charge in [-0.3, -0.25) is 0 Å². The molecule has 0 aromatic carbocycles. The van der Waals surface area contributed by atoms with Gasteiger partial charge in [-0.25, -0.2) is 4.79 Å². The third-order valence-electron chi connectivity index (χ3n) is 3.43. The van der Waals surface area contributed by atoms with E-state index in [4.69, 9.17) is 0 Å². The normalized spacial score (nSPS) is 15.2. The summed E-state index contributed by atoms with van der Waals surface area (Å²) in [5.41, 5.74) is 0. The molecule has 0 radical (unpaired) electrons. The van der Waals surface area contributed by atoms with Gasteiger partial charge in [0.1, 0.15) is 0 Å². The molecular weight excluding hydrogens is 224 g/mol. The number of carbonyl (C=O) groups excluding carboxylic acids is 1. The number of hydrogen-bond acceptors (Lipinski definition) is 1. The standard InChI is InChI=1S/C15H30N2O/c1-12(2)6-5-10-16-15(18)17(14-7-8-14)11-9-13(3)4/h12-14H,5-11H2,1-4H3,(H,16,18). The average Bonchev–Trinajstić information content (AvgIpc) is 3.08. The van der Waals surface area contributed by atoms with E-state index in [1.807, 2.05) is 0 Å². The number of hydrogen-bond donors (Lipinski definition) is 1. The zero-order chi connectivity index (χ0) is 13.5. The molecule has 1 rings (SSSR count). The third kappa shape index (κ3) is 6.27. The van der Waals surface area contributed by atoms with Crippen LogP contribution in [0.3, 0.4) is 0 Å². The molecule has 0 aliphatic heterocycles. The number of amides is 2. The summed E-state index contributed by atoms with van der Waals surface area (Å²) in [6.45, 7) is 10.6. The van der Waals surface area contributed by atoms with Crippen molar-refractivity contribution < 1.29 is 4.79 Å². The molecule has 0 bridgehead atoms. The molecule has 0 saturated heterocycles. The quantitative estimate of drug-likeness (QED) is 0.659. The fourth-order valence-electron chi connectivity index (χ4n) is 2.04. The highest BCUT2D eigenvalue weighted by Crippen LogP contribution is 2.27. The fraction of sp³-hybridized carbons (Fsp3) is 0.933. The van der Waals surface area contributed by atoms with Crippen LogP contribution in [-0.4, -0.2) is 30.1 Å². The monoisotopic (exact) mass is 254 g/mol. The van der Waals surface area contributed by atoms with E-state index in [0.29, 0.717) is 12.0 Å². The first-order valence-electron chi connectivity index (χ1n) is 7.55. The molecular formula is C15H30N2O. The molecule has 0 aromatic heterocycles. The molecule has 0 atom stereocenters. The lowest BCUT2D eigenvalue weighted by Crippen LogP contribution is -2.42. The lowest BCUT2D eigenvalue weighted by atomic mass is 10.1. The Hall–Kier alpha value is -0.730. The van der Waals surface area contributed by atoms with Crippen LogP contribution in [-0.2, 0) is 0 Å². The number of rotatable bonds is 8. The molecule has 3 heteroatoms. The molecule has 1 aliphatic carbocycles. The maximum atomic E-state index is 12.1. The highest BCUT2D eigenvalue weighted by Gasteiger charge is 2.32. The maximum Gasteiger partial charge on any atom is 0.317 e. The second-order valence-corrected chi connectivity index (χ2v) is 6.38. The minimum Gasteiger partial charge on any atom is -0.338 e. The fourth-order valence-corrected chi connectivity index (χ4v) is 2.04. The topological polar surface area (TPSA) is 32.3 Å². The maximum absolute atomic E-state index is 12.1. The summed E-state index contributed by atoms with van der Waals surface area (Å²) in [4.78, 5) is 14.1. The lowest BCUT2D eigenvalue weighted by Gasteiger charge is -2.23. The van der Waals surface area contributed by atoms with E-state index in [1.165, 1.54) is 19.3 Å². The van der Waals surface area contributed by atoms with Gasteiger partial charge in [-0.2, -0.15) is 0 Å². The van der Waals surface area contributed by atoms with Gasteiger partial charge >= 0.3 is 6.03 Å². The Labute approximate surface area is 112 Å². The number of nitrogens with zero attached hydrogens (tertiary/aromatic N) is 1. The number of carbonyl (C=O) groups is 1. The van der Waals surface area contributed by atoms with Crippen LogP contribution in [0.2, 0.25) is 0 Å². The van der Waals surface area contributed by atoms with E-state index in [2.05, 4.69) is 37.9 Å². The van der Waals surface area contributed by atoms with E-state index in [9.17, 15) is 4.79 Å². The first-order valence-corrected chi connectivity index (χ1v) is 7.55. The average molecular weight is 254 g/mol. The van der Waals surface area contributed by atoms with Crippen LogP contribution in [0.25, 0.3) is 0 Å². The first kappa shape index (κ1) is 15.3. The van der Waals surface area contributed by atoms with Crippen molar-refractivity contribution in [2.24, 2.45) is 11.8 Å². The van der Waals surface area contributed by atoms with Crippen LogP contribution < -0.4 is 5.32 Å². The highest BCUT2D eigenvalue weighted by atomic mass is 16.2. The van der Waals surface area contributed by atoms with Crippen LogP contribution in [0.4, 0.5) is 4.79 Å². The molecule has 106 valence electrons. The Kier molecular flexibility index (Phi) is 6.51. The molecule has 3 nitrogen and oxygen atoms in total. The molecule has 1 aliphatic rings. The molecule has 0 spiro atoms. The van der Waals surface area contributed by atoms with Crippen LogP contribution in [0.5, 0.6) is 0 Å². The van der Waals surface area contributed by atoms with E-state index in [0.717, 1.165) is 31.8 Å². The molecule has 1 saturated carbocycles. The van der Waals surface area contributed by atoms with Crippen LogP contribution >= 0.6 is 0 Å². The van der Waals surface area contributed by atoms with Gasteiger partial charge in [-0.15, -0.1) is 0 Å². The first-order chi connectivity index (χ1) is 8.50. The van der Waals surface area contributed by atoms with Gasteiger partial charge in [-0.1, -0.05) is 27.7 Å². The summed E-state index contributed by atoms with van der Waals surface area (Å²) in [5.74, 6) is 1.39. The van der Waals surface area contributed by atoms with Gasteiger partial charge in [0, 0.05) is 19.1 Å². The largest absolute Gasteiger partial charge is 0.338 e. The molecule has 0 unspecified atom stereocenters. The minimum atomic E-state index is 0.155. The van der Waals surface area contributed by atoms with Crippen molar-refractivity contribution in [1.82, 2.24) is 10.2 Å². The highest BCUT2D eigenvalue weighted by molar-refractivity contribution is 5.74. The second kappa shape index (κ2) is 7.65. The summed E-state index contributed by atoms with van der Waals surface area (Å²) in [6.07, 6.45) is 5.77. The third-order valence-corrected chi connectivity index (χ3v) is 3.43. The summed E-state index contributed by atoms with van der Waals surface area (Å²) in [7, 11) is 0. The minimum absolute atomic E-state index is 0.155. The van der Waals surface area contributed by atoms with Gasteiger partial charge in [-0.05, 0) is 43.9 Å². The van der Waals surface area contributed by atoms with Crippen molar-refractivity contribution in [3.05, 3.63) is 0 Å². The molecule has 2 amide bonds. The molecule has 1 fully saturated rings. The smallest absolute Gasteiger partial charge is 0.317 e. The van der Waals surface area contributed by atoms with E-state index in [-0.39, 0.29) is 6.03 Å². The van der Waals surface area contributed by atoms with Crippen LogP contribution in [0.15, 0.2) is 0 Å². The lowest BCUT2D eigenvalue weighted by molar-refractivity contribution is 0.191. The van der Waals surface area contributed by atoms with Crippen molar-refractivity contribution in [2.45, 2.75) is 65.8 Å². The molecule has 0 heterocycles. The summed E-state index contributed by atoms with van der Waals surface area (Å²) in [5, 5.41) is 3.07. The summed E-state index contributed by atoms with van der Waals surface area (Å²) >= 11 is 0. The Morgan fingerprint density at radius 2 is 1.78 bits per heavy atom. The van der Waals surface area contributed by atoms with Gasteiger partial charge in [0.15, 0.2) is 0 Å². The number of nitrogens with one attached hydrogen (secondary N) is 1.